The third kappa shape index (κ3) is 3.97. The van der Waals surface area contributed by atoms with Gasteiger partial charge in [-0.1, -0.05) is 23.7 Å². The fourth-order valence-corrected chi connectivity index (χ4v) is 2.46. The molecule has 0 N–H and O–H groups in total. The molecule has 0 fully saturated rings. The van der Waals surface area contributed by atoms with Crippen LogP contribution in [0, 0.1) is 5.82 Å². The predicted octanol–water partition coefficient (Wildman–Crippen LogP) is 4.87. The summed E-state index contributed by atoms with van der Waals surface area (Å²) in [4.78, 5) is 11.5. The number of nitrogens with zero attached hydrogens (tertiary/aromatic N) is 2. The molecule has 0 bridgehead atoms. The lowest BCUT2D eigenvalue weighted by molar-refractivity contribution is 0.102. The molecule has 0 amide bonds. The van der Waals surface area contributed by atoms with Crippen molar-refractivity contribution >= 4 is 17.8 Å². The lowest BCUT2D eigenvalue weighted by atomic mass is 10.1. The minimum Gasteiger partial charge on any atom is -0.434 e. The highest BCUT2D eigenvalue weighted by molar-refractivity contribution is 6.30. The van der Waals surface area contributed by atoms with Crippen LogP contribution in [0.5, 0.6) is 5.88 Å². The first-order valence-electron chi connectivity index (χ1n) is 7.53. The van der Waals surface area contributed by atoms with Crippen LogP contribution in [0.15, 0.2) is 54.6 Å². The van der Waals surface area contributed by atoms with E-state index >= 15 is 0 Å². The van der Waals surface area contributed by atoms with E-state index in [1.807, 2.05) is 6.07 Å². The van der Waals surface area contributed by atoms with Gasteiger partial charge in [0.15, 0.2) is 0 Å². The van der Waals surface area contributed by atoms with Crippen LogP contribution >= 0.6 is 11.6 Å². The topological polar surface area (TPSA) is 53.4 Å². The quantitative estimate of drug-likeness (QED) is 0.623. The Labute approximate surface area is 148 Å². The second-order valence-corrected chi connectivity index (χ2v) is 5.49. The molecule has 0 aliphatic carbocycles. The zero-order valence-electron chi connectivity index (χ0n) is 13.3. The Hall–Kier alpha value is -2.86. The van der Waals surface area contributed by atoms with E-state index in [-0.39, 0.29) is 18.3 Å². The summed E-state index contributed by atoms with van der Waals surface area (Å²) >= 11 is 6.06. The van der Waals surface area contributed by atoms with E-state index in [9.17, 15) is 9.18 Å². The Morgan fingerprint density at radius 2 is 1.96 bits per heavy atom. The minimum atomic E-state index is -0.844. The molecule has 0 saturated heterocycles. The lowest BCUT2D eigenvalue weighted by Gasteiger charge is -2.07. The number of halogens is 2. The molecule has 0 unspecified atom stereocenters. The molecular formula is C18H14ClFN2O3. The van der Waals surface area contributed by atoms with Crippen molar-refractivity contribution in [2.75, 3.05) is 6.61 Å². The van der Waals surface area contributed by atoms with Crippen LogP contribution < -0.4 is 4.74 Å². The van der Waals surface area contributed by atoms with Crippen molar-refractivity contribution in [2.24, 2.45) is 0 Å². The largest absolute Gasteiger partial charge is 0.515 e. The third-order valence-electron chi connectivity index (χ3n) is 3.33. The number of ether oxygens (including phenoxy) is 2. The van der Waals surface area contributed by atoms with Crippen molar-refractivity contribution in [2.45, 2.75) is 6.92 Å². The van der Waals surface area contributed by atoms with E-state index < -0.39 is 6.16 Å². The Bertz CT molecular complexity index is 894. The van der Waals surface area contributed by atoms with Crippen molar-refractivity contribution in [3.8, 4) is 22.8 Å². The molecule has 0 saturated carbocycles. The van der Waals surface area contributed by atoms with E-state index in [0.717, 1.165) is 5.56 Å². The van der Waals surface area contributed by atoms with Gasteiger partial charge in [-0.2, -0.15) is 0 Å². The normalized spacial score (nSPS) is 10.5. The summed E-state index contributed by atoms with van der Waals surface area (Å²) in [6.45, 7) is 1.87. The van der Waals surface area contributed by atoms with E-state index in [0.29, 0.717) is 16.4 Å². The van der Waals surface area contributed by atoms with Crippen molar-refractivity contribution < 1.29 is 18.7 Å². The molecule has 25 heavy (non-hydrogen) atoms. The highest BCUT2D eigenvalue weighted by Gasteiger charge is 2.16. The van der Waals surface area contributed by atoms with Crippen LogP contribution in [-0.4, -0.2) is 22.5 Å². The molecule has 1 aromatic heterocycles. The van der Waals surface area contributed by atoms with Crippen LogP contribution in [0.3, 0.4) is 0 Å². The summed E-state index contributed by atoms with van der Waals surface area (Å²) < 4.78 is 24.6. The van der Waals surface area contributed by atoms with Crippen molar-refractivity contribution in [3.63, 3.8) is 0 Å². The van der Waals surface area contributed by atoms with Gasteiger partial charge in [0.05, 0.1) is 18.0 Å². The number of benzene rings is 2. The van der Waals surface area contributed by atoms with Gasteiger partial charge >= 0.3 is 6.16 Å². The van der Waals surface area contributed by atoms with Gasteiger partial charge in [0, 0.05) is 16.7 Å². The Morgan fingerprint density at radius 1 is 1.20 bits per heavy atom. The maximum atomic E-state index is 13.2. The average Bonchev–Trinajstić information content (AvgIpc) is 2.99. The molecule has 0 aliphatic rings. The van der Waals surface area contributed by atoms with Gasteiger partial charge in [-0.05, 0) is 43.3 Å². The van der Waals surface area contributed by atoms with Gasteiger partial charge in [0.25, 0.3) is 0 Å². The predicted molar refractivity (Wildman–Crippen MR) is 91.6 cm³/mol. The smallest absolute Gasteiger partial charge is 0.434 e. The molecule has 0 radical (unpaired) electrons. The molecule has 7 heteroatoms. The molecule has 5 nitrogen and oxygen atoms in total. The Kier molecular flexibility index (Phi) is 5.00. The first-order valence-corrected chi connectivity index (χ1v) is 7.91. The first-order chi connectivity index (χ1) is 12.1. The van der Waals surface area contributed by atoms with Gasteiger partial charge in [0.1, 0.15) is 5.82 Å². The van der Waals surface area contributed by atoms with Crippen LogP contribution in [0.1, 0.15) is 6.92 Å². The lowest BCUT2D eigenvalue weighted by Crippen LogP contribution is -2.10. The zero-order chi connectivity index (χ0) is 17.8. The molecule has 0 spiro atoms. The van der Waals surface area contributed by atoms with Crippen LogP contribution in [0.4, 0.5) is 9.18 Å². The van der Waals surface area contributed by atoms with Gasteiger partial charge in [0.2, 0.25) is 5.88 Å². The van der Waals surface area contributed by atoms with Gasteiger partial charge in [-0.3, -0.25) is 0 Å². The molecule has 0 atom stereocenters. The third-order valence-corrected chi connectivity index (χ3v) is 3.56. The summed E-state index contributed by atoms with van der Waals surface area (Å²) in [5, 5.41) is 4.82. The van der Waals surface area contributed by atoms with E-state index in [4.69, 9.17) is 21.1 Å². The summed E-state index contributed by atoms with van der Waals surface area (Å²) in [6, 6.07) is 14.5. The van der Waals surface area contributed by atoms with Crippen LogP contribution in [-0.2, 0) is 4.74 Å². The average molecular weight is 361 g/mol. The number of carbonyl (C=O) groups is 1. The molecule has 1 heterocycles. The highest BCUT2D eigenvalue weighted by atomic mass is 35.5. The molecule has 128 valence electrons. The maximum Gasteiger partial charge on any atom is 0.515 e. The van der Waals surface area contributed by atoms with Gasteiger partial charge < -0.3 is 9.47 Å². The van der Waals surface area contributed by atoms with E-state index in [1.54, 1.807) is 48.0 Å². The summed E-state index contributed by atoms with van der Waals surface area (Å²) in [6.07, 6.45) is -0.844. The first kappa shape index (κ1) is 17.0. The molecule has 3 rings (SSSR count). The number of aromatic nitrogens is 2. The fraction of sp³-hybridized carbons (Fsp3) is 0.111. The molecular weight excluding hydrogens is 347 g/mol. The highest BCUT2D eigenvalue weighted by Crippen LogP contribution is 2.29. The minimum absolute atomic E-state index is 0.0674. The van der Waals surface area contributed by atoms with Crippen molar-refractivity contribution in [1.29, 1.82) is 0 Å². The summed E-state index contributed by atoms with van der Waals surface area (Å²) in [7, 11) is 0. The molecule has 0 aliphatic heterocycles. The molecule has 2 aromatic carbocycles. The number of carbonyl (C=O) groups excluding carboxylic acids is 1. The van der Waals surface area contributed by atoms with Gasteiger partial charge in [-0.15, -0.1) is 5.10 Å². The standard InChI is InChI=1S/C18H14ClFN2O3/c1-2-24-18(23)25-17-11-16(12-4-3-5-13(19)10-12)22(21-17)15-8-6-14(20)7-9-15/h3-11H,2H2,1H3. The van der Waals surface area contributed by atoms with Crippen LogP contribution in [0.25, 0.3) is 16.9 Å². The summed E-state index contributed by atoms with van der Waals surface area (Å²) in [5.74, 6) is -0.291. The van der Waals surface area contributed by atoms with Crippen molar-refractivity contribution in [3.05, 3.63) is 65.4 Å². The second-order valence-electron chi connectivity index (χ2n) is 5.05. The zero-order valence-corrected chi connectivity index (χ0v) is 14.0. The SMILES string of the molecule is CCOC(=O)Oc1cc(-c2cccc(Cl)c2)n(-c2ccc(F)cc2)n1. The monoisotopic (exact) mass is 360 g/mol. The fourth-order valence-electron chi connectivity index (χ4n) is 2.27. The maximum absolute atomic E-state index is 13.2. The van der Waals surface area contributed by atoms with Gasteiger partial charge in [-0.25, -0.2) is 13.9 Å². The summed E-state index contributed by atoms with van der Waals surface area (Å²) in [5.41, 5.74) is 2.01. The number of hydrogen-bond acceptors (Lipinski definition) is 4. The molecule has 3 aromatic rings. The van der Waals surface area contributed by atoms with E-state index in [2.05, 4.69) is 5.10 Å². The Morgan fingerprint density at radius 3 is 2.64 bits per heavy atom. The second kappa shape index (κ2) is 7.36. The van der Waals surface area contributed by atoms with E-state index in [1.165, 1.54) is 12.1 Å². The number of hydrogen-bond donors (Lipinski definition) is 0. The Balaban J connectivity index is 2.06. The van der Waals surface area contributed by atoms with Crippen LogP contribution in [0.2, 0.25) is 5.02 Å². The number of rotatable bonds is 4. The van der Waals surface area contributed by atoms with Crippen molar-refractivity contribution in [1.82, 2.24) is 9.78 Å².